The molecule has 4 aromatic heterocycles. The van der Waals surface area contributed by atoms with Crippen LogP contribution in [0.1, 0.15) is 261 Å². The lowest BCUT2D eigenvalue weighted by molar-refractivity contribution is -0.116. The number of hydrogen-bond acceptors (Lipinski definition) is 23. The fourth-order valence-corrected chi connectivity index (χ4v) is 21.2. The number of Topliss-reactive ketones (excluding diaryl/α,β-unsaturated/α-hetero) is 8. The van der Waals surface area contributed by atoms with E-state index in [2.05, 4.69) is 78.9 Å². The van der Waals surface area contributed by atoms with Crippen LogP contribution in [0.5, 0.6) is 0 Å². The van der Waals surface area contributed by atoms with Gasteiger partial charge in [0.25, 0.3) is 0 Å². The maximum Gasteiger partial charge on any atom is 0.333 e. The van der Waals surface area contributed by atoms with Crippen LogP contribution in [0.3, 0.4) is 0 Å². The number of halogens is 2. The molecular weight excluding hydrogens is 1730 g/mol. The molecule has 0 unspecified atom stereocenters. The number of ketones is 8. The van der Waals surface area contributed by atoms with Gasteiger partial charge in [-0.2, -0.15) is 29.2 Å². The lowest BCUT2D eigenvalue weighted by atomic mass is 9.88. The zero-order chi connectivity index (χ0) is 97.6. The number of nitrogens with zero attached hydrogens (tertiary/aromatic N) is 11. The highest BCUT2D eigenvalue weighted by atomic mass is 19.3. The molecule has 0 spiro atoms. The van der Waals surface area contributed by atoms with Crippen LogP contribution < -0.4 is 19.6 Å². The number of anilines is 4. The molecule has 8 heterocycles. The van der Waals surface area contributed by atoms with Gasteiger partial charge in [0.1, 0.15) is 17.3 Å². The molecule has 4 aliphatic heterocycles. The molecule has 8 aliphatic rings. The number of allylic oxidation sites excluding steroid dienone is 13. The summed E-state index contributed by atoms with van der Waals surface area (Å²) in [5.74, 6) is 1.75. The van der Waals surface area contributed by atoms with E-state index in [0.29, 0.717) is 150 Å². The lowest BCUT2D eigenvalue weighted by Gasteiger charge is -2.37. The Morgan fingerprint density at radius 3 is 0.985 bits per heavy atom. The summed E-state index contributed by atoms with van der Waals surface area (Å²) >= 11 is 0. The molecule has 27 nitrogen and oxygen atoms in total. The summed E-state index contributed by atoms with van der Waals surface area (Å²) in [7, 11) is 8.47. The van der Waals surface area contributed by atoms with Gasteiger partial charge in [-0.15, -0.1) is 0 Å². The number of aromatic nitrogens is 8. The van der Waals surface area contributed by atoms with Gasteiger partial charge in [-0.05, 0) is 243 Å². The number of alkyl halides is 2. The maximum atomic E-state index is 13.8. The van der Waals surface area contributed by atoms with Crippen molar-refractivity contribution < 1.29 is 80.3 Å². The van der Waals surface area contributed by atoms with Gasteiger partial charge in [0.05, 0.1) is 90.9 Å². The van der Waals surface area contributed by atoms with E-state index in [1.165, 1.54) is 19.4 Å². The topological polar surface area (TPSA) is 296 Å². The number of hydrogen-bond donors (Lipinski definition) is 1. The normalized spacial score (nSPS) is 17.4. The highest BCUT2D eigenvalue weighted by Crippen LogP contribution is 2.44. The summed E-state index contributed by atoms with van der Waals surface area (Å²) < 4.78 is 70.5. The van der Waals surface area contributed by atoms with Gasteiger partial charge in [0, 0.05) is 229 Å². The number of benzene rings is 4. The summed E-state index contributed by atoms with van der Waals surface area (Å²) in [6.45, 7) is 32.3. The molecule has 4 aromatic carbocycles. The van der Waals surface area contributed by atoms with Crippen LogP contribution in [0, 0.1) is 27.7 Å². The van der Waals surface area contributed by atoms with Crippen molar-refractivity contribution in [1.29, 1.82) is 0 Å². The van der Waals surface area contributed by atoms with Gasteiger partial charge in [-0.1, -0.05) is 28.4 Å². The Labute approximate surface area is 796 Å². The number of nitrogens with one attached hydrogen (secondary N) is 1. The molecule has 136 heavy (non-hydrogen) atoms. The van der Waals surface area contributed by atoms with Gasteiger partial charge < -0.3 is 52.8 Å². The van der Waals surface area contributed by atoms with Crippen LogP contribution >= 0.6 is 0 Å². The number of ether oxygens (including phenoxy) is 7. The van der Waals surface area contributed by atoms with Crippen LogP contribution in [0.25, 0.3) is 43.6 Å². The highest BCUT2D eigenvalue weighted by molar-refractivity contribution is 6.11. The second-order valence-electron chi connectivity index (χ2n) is 37.0. The summed E-state index contributed by atoms with van der Waals surface area (Å²) in [4.78, 5) is 114. The first kappa shape index (κ1) is 102. The second kappa shape index (κ2) is 46.0. The van der Waals surface area contributed by atoms with Crippen molar-refractivity contribution in [2.75, 3.05) is 120 Å². The van der Waals surface area contributed by atoms with Crippen molar-refractivity contribution in [3.63, 3.8) is 0 Å². The molecule has 0 radical (unpaired) electrons. The van der Waals surface area contributed by atoms with Gasteiger partial charge >= 0.3 is 6.55 Å². The monoisotopic (exact) mass is 1870 g/mol. The number of aromatic amines is 1. The number of aryl methyl sites for hydroxylation is 2. The molecule has 0 saturated carbocycles. The molecule has 0 atom stereocenters. The first-order valence-electron chi connectivity index (χ1n) is 48.4. The SMILES string of the molecule is CCN(c1c(C)c(C(=O)CCC2=C(C)C=C(C)CC2=O)cc2c1cnn2C)C1CCOCC1.CCN(c1c(C)c(C(=O)CCC2=C(OC)C=C(C)CC2=O)cc2[nH]ncc12)C1CCOCC1.CCN(c1c(C)c(C(=O)CCC2=C(OC)C=C(C)CC2=O)cc2c1cnn2C(F)F)C1CCOCC1.CCN(c1c(C)c(C(=O)CCC2=C(OC)C=C(C)CC2=O)cc2c1cnn2C)C1CCOCC1. The molecule has 16 rings (SSSR count). The fourth-order valence-electron chi connectivity index (χ4n) is 21.2. The van der Waals surface area contributed by atoms with E-state index in [4.69, 9.17) is 33.2 Å². The summed E-state index contributed by atoms with van der Waals surface area (Å²) in [5.41, 5.74) is 20.7. The van der Waals surface area contributed by atoms with E-state index in [9.17, 15) is 47.1 Å². The van der Waals surface area contributed by atoms with Crippen molar-refractivity contribution >= 4 is 113 Å². The standard InChI is InChI=1S/C27H33F2N3O4.C27H35N3O4.C27H35N3O3.C26H33N3O4/c1-5-31(18-8-10-36-11-9-18)26-17(3)20(14-22-21(26)15-30-32(22)27(28)29)23(33)7-6-19-24(34)12-16(2)13-25(19)35-4;1-6-30(19-9-11-34-12-10-19)27-18(3)21(15-23-22(27)16-28-29(23)4)24(31)8-7-20-25(32)13-17(2)14-26(20)33-5;1-6-30(20-9-11-33-12-10-20)27-19(4)22(15-24-23(27)16-28-29(24)5)25(31)8-7-21-18(3)13-17(2)14-26(21)32;1-5-29(18-8-10-33-11-9-18)26-17(3)20(14-22-21(26)15-27-28-22)23(30)7-6-19-24(31)12-16(2)13-25(19)32-4/h13-15,18,27H,5-12H2,1-4H3;14-16,19H,6-13H2,1-5H3;13,15-16,20H,6-12,14H2,1-5H3;13-15,18H,5-12H2,1-4H3,(H,27,28). The number of methoxy groups -OCH3 is 3. The summed E-state index contributed by atoms with van der Waals surface area (Å²) in [6, 6.07) is 8.67. The van der Waals surface area contributed by atoms with Crippen LogP contribution in [-0.2, 0) is 66.4 Å². The van der Waals surface area contributed by atoms with E-state index < -0.39 is 6.55 Å². The average molecular weight is 1870 g/mol. The Morgan fingerprint density at radius 1 is 0.397 bits per heavy atom. The average Bonchev–Trinajstić information content (AvgIpc) is 1.53. The third kappa shape index (κ3) is 22.4. The van der Waals surface area contributed by atoms with Crippen molar-refractivity contribution in [3.8, 4) is 0 Å². The molecule has 4 saturated heterocycles. The molecule has 0 bridgehead atoms. The first-order valence-corrected chi connectivity index (χ1v) is 48.4. The van der Waals surface area contributed by atoms with Crippen molar-refractivity contribution in [2.45, 2.75) is 249 Å². The smallest absolute Gasteiger partial charge is 0.333 e. The minimum atomic E-state index is -2.83. The number of carbonyl (C=O) groups is 8. The third-order valence-corrected chi connectivity index (χ3v) is 28.2. The predicted molar refractivity (Wildman–Crippen MR) is 527 cm³/mol. The minimum Gasteiger partial charge on any atom is -0.496 e. The van der Waals surface area contributed by atoms with Crippen LogP contribution in [-0.4, -0.2) is 210 Å². The molecular formula is C107H136F2N12O15. The highest BCUT2D eigenvalue weighted by Gasteiger charge is 2.36. The summed E-state index contributed by atoms with van der Waals surface area (Å²) in [5, 5.41) is 24.0. The van der Waals surface area contributed by atoms with E-state index >= 15 is 0 Å². The summed E-state index contributed by atoms with van der Waals surface area (Å²) in [6.07, 6.45) is 26.2. The van der Waals surface area contributed by atoms with Crippen molar-refractivity contribution in [1.82, 2.24) is 39.5 Å². The van der Waals surface area contributed by atoms with Gasteiger partial charge in [0.2, 0.25) is 0 Å². The van der Waals surface area contributed by atoms with E-state index in [-0.39, 0.29) is 83.5 Å². The van der Waals surface area contributed by atoms with E-state index in [1.807, 2.05) is 141 Å². The quantitative estimate of drug-likeness (QED) is 0.0383. The Hall–Kier alpha value is -11.7. The number of H-pyrrole nitrogens is 1. The maximum absolute atomic E-state index is 13.8. The largest absolute Gasteiger partial charge is 0.496 e. The van der Waals surface area contributed by atoms with Crippen molar-refractivity contribution in [3.05, 3.63) is 185 Å². The Balaban J connectivity index is 0.000000153. The Morgan fingerprint density at radius 2 is 0.676 bits per heavy atom. The number of carbonyl (C=O) groups excluding carboxylic acids is 8. The number of rotatable bonds is 32. The molecule has 8 aromatic rings. The first-order chi connectivity index (χ1) is 65.4. The second-order valence-corrected chi connectivity index (χ2v) is 37.0. The Kier molecular flexibility index (Phi) is 34.4. The van der Waals surface area contributed by atoms with E-state index in [1.54, 1.807) is 14.2 Å². The van der Waals surface area contributed by atoms with Crippen LogP contribution in [0.15, 0.2) is 141 Å². The van der Waals surface area contributed by atoms with Crippen LogP contribution in [0.2, 0.25) is 0 Å². The molecule has 29 heteroatoms. The van der Waals surface area contributed by atoms with E-state index in [0.717, 1.165) is 227 Å². The van der Waals surface area contributed by atoms with Gasteiger partial charge in [-0.3, -0.25) is 52.8 Å². The number of fused-ring (bicyclic) bond motifs is 4. The molecule has 4 aliphatic carbocycles. The molecule has 1 N–H and O–H groups in total. The predicted octanol–water partition coefficient (Wildman–Crippen LogP) is 19.9. The van der Waals surface area contributed by atoms with Gasteiger partial charge in [-0.25, -0.2) is 4.68 Å². The zero-order valence-electron chi connectivity index (χ0n) is 82.7. The molecule has 728 valence electrons. The third-order valence-electron chi connectivity index (χ3n) is 28.2. The Bertz CT molecular complexity index is 6140. The molecule has 0 amide bonds. The fraction of sp³-hybridized carbons (Fsp3) is 0.514. The molecule has 4 fully saturated rings. The van der Waals surface area contributed by atoms with Crippen LogP contribution in [0.4, 0.5) is 31.5 Å². The zero-order valence-corrected chi connectivity index (χ0v) is 82.7. The minimum absolute atomic E-state index is 0.0234. The van der Waals surface area contributed by atoms with Gasteiger partial charge in [0.15, 0.2) is 46.3 Å². The van der Waals surface area contributed by atoms with Crippen molar-refractivity contribution in [2.24, 2.45) is 14.1 Å². The lowest BCUT2D eigenvalue weighted by Crippen LogP contribution is -2.40.